The molecule has 0 aliphatic rings. The highest BCUT2D eigenvalue weighted by Gasteiger charge is 2.20. The van der Waals surface area contributed by atoms with Crippen molar-refractivity contribution in [1.29, 1.82) is 0 Å². The lowest BCUT2D eigenvalue weighted by molar-refractivity contribution is 0.103. The van der Waals surface area contributed by atoms with Gasteiger partial charge in [-0.3, -0.25) is 9.78 Å². The van der Waals surface area contributed by atoms with Crippen LogP contribution in [0.2, 0.25) is 0 Å². The number of nitrogens with zero attached hydrogens (tertiary/aromatic N) is 1. The highest BCUT2D eigenvalue weighted by molar-refractivity contribution is 6.13. The Bertz CT molecular complexity index is 1050. The van der Waals surface area contributed by atoms with Crippen molar-refractivity contribution in [3.63, 3.8) is 0 Å². The molecular weight excluding hydrogens is 378 g/mol. The number of carbonyl (C=O) groups excluding carboxylic acids is 1. The van der Waals surface area contributed by atoms with Gasteiger partial charge in [0.25, 0.3) is 0 Å². The first kappa shape index (κ1) is 20.4. The zero-order valence-corrected chi connectivity index (χ0v) is 16.0. The molecule has 0 spiro atoms. The summed E-state index contributed by atoms with van der Waals surface area (Å²) in [5.41, 5.74) is 8.14. The SMILES string of the molecule is COCCOc1ccc(-c2nccc(C(=O)c3ccc(F)cc3F)c2N)c(C)c1. The van der Waals surface area contributed by atoms with Crippen LogP contribution in [0.25, 0.3) is 11.3 Å². The molecule has 150 valence electrons. The van der Waals surface area contributed by atoms with Gasteiger partial charge in [0.2, 0.25) is 0 Å². The molecule has 3 rings (SSSR count). The fourth-order valence-electron chi connectivity index (χ4n) is 2.94. The molecule has 2 N–H and O–H groups in total. The summed E-state index contributed by atoms with van der Waals surface area (Å²) in [6, 6.07) is 9.61. The predicted octanol–water partition coefficient (Wildman–Crippen LogP) is 4.17. The molecule has 5 nitrogen and oxygen atoms in total. The van der Waals surface area contributed by atoms with Crippen molar-refractivity contribution in [2.45, 2.75) is 6.92 Å². The molecule has 0 radical (unpaired) electrons. The fraction of sp³-hybridized carbons (Fsp3) is 0.182. The molecule has 2 aromatic carbocycles. The van der Waals surface area contributed by atoms with Crippen LogP contribution in [0.3, 0.4) is 0 Å². The van der Waals surface area contributed by atoms with E-state index in [0.29, 0.717) is 30.7 Å². The number of methoxy groups -OCH3 is 1. The van der Waals surface area contributed by atoms with E-state index in [0.717, 1.165) is 23.3 Å². The van der Waals surface area contributed by atoms with Gasteiger partial charge in [-0.2, -0.15) is 0 Å². The number of ether oxygens (including phenoxy) is 2. The summed E-state index contributed by atoms with van der Waals surface area (Å²) < 4.78 is 37.7. The van der Waals surface area contributed by atoms with E-state index < -0.39 is 17.4 Å². The number of hydrogen-bond acceptors (Lipinski definition) is 5. The summed E-state index contributed by atoms with van der Waals surface area (Å²) in [5, 5.41) is 0. The van der Waals surface area contributed by atoms with Gasteiger partial charge in [-0.05, 0) is 48.9 Å². The summed E-state index contributed by atoms with van der Waals surface area (Å²) >= 11 is 0. The third-order valence-electron chi connectivity index (χ3n) is 4.42. The number of carbonyl (C=O) groups is 1. The number of nitrogens with two attached hydrogens (primary N) is 1. The Morgan fingerprint density at radius 2 is 1.86 bits per heavy atom. The van der Waals surface area contributed by atoms with Crippen LogP contribution in [0.1, 0.15) is 21.5 Å². The van der Waals surface area contributed by atoms with Gasteiger partial charge in [-0.15, -0.1) is 0 Å². The highest BCUT2D eigenvalue weighted by atomic mass is 19.1. The molecule has 1 heterocycles. The highest BCUT2D eigenvalue weighted by Crippen LogP contribution is 2.32. The summed E-state index contributed by atoms with van der Waals surface area (Å²) in [6.45, 7) is 2.76. The maximum absolute atomic E-state index is 14.0. The molecule has 0 atom stereocenters. The number of aromatic nitrogens is 1. The van der Waals surface area contributed by atoms with Crippen molar-refractivity contribution in [1.82, 2.24) is 4.98 Å². The molecule has 7 heteroatoms. The van der Waals surface area contributed by atoms with Crippen LogP contribution in [-0.2, 0) is 4.74 Å². The number of pyridine rings is 1. The fourth-order valence-corrected chi connectivity index (χ4v) is 2.94. The lowest BCUT2D eigenvalue weighted by Crippen LogP contribution is -2.10. The third-order valence-corrected chi connectivity index (χ3v) is 4.42. The van der Waals surface area contributed by atoms with E-state index in [1.54, 1.807) is 19.2 Å². The second kappa shape index (κ2) is 8.79. The van der Waals surface area contributed by atoms with E-state index in [-0.39, 0.29) is 16.8 Å². The number of rotatable bonds is 7. The van der Waals surface area contributed by atoms with Gasteiger partial charge in [0.1, 0.15) is 24.0 Å². The smallest absolute Gasteiger partial charge is 0.198 e. The van der Waals surface area contributed by atoms with E-state index in [2.05, 4.69) is 4.98 Å². The largest absolute Gasteiger partial charge is 0.491 e. The summed E-state index contributed by atoms with van der Waals surface area (Å²) in [7, 11) is 1.60. The Labute approximate surface area is 167 Å². The van der Waals surface area contributed by atoms with Crippen molar-refractivity contribution >= 4 is 11.5 Å². The zero-order valence-electron chi connectivity index (χ0n) is 16.0. The molecule has 0 unspecified atom stereocenters. The predicted molar refractivity (Wildman–Crippen MR) is 106 cm³/mol. The molecule has 0 bridgehead atoms. The number of hydrogen-bond donors (Lipinski definition) is 1. The van der Waals surface area contributed by atoms with Crippen molar-refractivity contribution in [2.24, 2.45) is 0 Å². The van der Waals surface area contributed by atoms with Gasteiger partial charge in [-0.25, -0.2) is 8.78 Å². The molecule has 0 fully saturated rings. The lowest BCUT2D eigenvalue weighted by Gasteiger charge is -2.13. The first-order valence-electron chi connectivity index (χ1n) is 8.89. The van der Waals surface area contributed by atoms with E-state index in [4.69, 9.17) is 15.2 Å². The molecule has 1 aromatic heterocycles. The van der Waals surface area contributed by atoms with Crippen LogP contribution in [-0.4, -0.2) is 31.1 Å². The standard InChI is InChI=1S/C22H20F2N2O3/c1-13-11-15(29-10-9-28-2)4-6-16(13)21-20(25)18(7-8-26-21)22(27)17-5-3-14(23)12-19(17)24/h3-8,11-12H,9-10,25H2,1-2H3. The Morgan fingerprint density at radius 1 is 1.07 bits per heavy atom. The van der Waals surface area contributed by atoms with Gasteiger partial charge in [0.15, 0.2) is 5.78 Å². The first-order valence-corrected chi connectivity index (χ1v) is 8.89. The third kappa shape index (κ3) is 4.41. The zero-order chi connectivity index (χ0) is 21.0. The molecule has 0 amide bonds. The molecule has 0 aliphatic heterocycles. The van der Waals surface area contributed by atoms with Gasteiger partial charge in [0.05, 0.1) is 23.6 Å². The van der Waals surface area contributed by atoms with Crippen molar-refractivity contribution in [3.05, 3.63) is 77.0 Å². The first-order chi connectivity index (χ1) is 13.9. The quantitative estimate of drug-likeness (QED) is 0.478. The van der Waals surface area contributed by atoms with Gasteiger partial charge in [0, 0.05) is 30.5 Å². The van der Waals surface area contributed by atoms with Crippen molar-refractivity contribution in [2.75, 3.05) is 26.1 Å². The number of nitrogen functional groups attached to an aromatic ring is 1. The second-order valence-electron chi connectivity index (χ2n) is 6.39. The molecule has 29 heavy (non-hydrogen) atoms. The van der Waals surface area contributed by atoms with Gasteiger partial charge < -0.3 is 15.2 Å². The molecule has 3 aromatic rings. The van der Waals surface area contributed by atoms with Crippen molar-refractivity contribution < 1.29 is 23.0 Å². The summed E-state index contributed by atoms with van der Waals surface area (Å²) in [6.07, 6.45) is 1.43. The molecule has 0 saturated carbocycles. The minimum atomic E-state index is -0.943. The van der Waals surface area contributed by atoms with E-state index in [1.807, 2.05) is 13.0 Å². The molecule has 0 saturated heterocycles. The Morgan fingerprint density at radius 3 is 2.55 bits per heavy atom. The number of aryl methyl sites for hydroxylation is 1. The number of benzene rings is 2. The summed E-state index contributed by atoms with van der Waals surface area (Å²) in [5.74, 6) is -1.67. The van der Waals surface area contributed by atoms with E-state index in [1.165, 1.54) is 12.3 Å². The average Bonchev–Trinajstić information content (AvgIpc) is 2.68. The van der Waals surface area contributed by atoms with E-state index in [9.17, 15) is 13.6 Å². The number of anilines is 1. The van der Waals surface area contributed by atoms with Crippen LogP contribution >= 0.6 is 0 Å². The monoisotopic (exact) mass is 398 g/mol. The minimum Gasteiger partial charge on any atom is -0.491 e. The number of ketones is 1. The van der Waals surface area contributed by atoms with Crippen LogP contribution in [0.4, 0.5) is 14.5 Å². The lowest BCUT2D eigenvalue weighted by atomic mass is 9.97. The average molecular weight is 398 g/mol. The van der Waals surface area contributed by atoms with Crippen LogP contribution < -0.4 is 10.5 Å². The molecular formula is C22H20F2N2O3. The Hall–Kier alpha value is -3.32. The maximum Gasteiger partial charge on any atom is 0.198 e. The van der Waals surface area contributed by atoms with Gasteiger partial charge >= 0.3 is 0 Å². The van der Waals surface area contributed by atoms with E-state index >= 15 is 0 Å². The Kier molecular flexibility index (Phi) is 6.19. The normalized spacial score (nSPS) is 10.8. The summed E-state index contributed by atoms with van der Waals surface area (Å²) in [4.78, 5) is 17.1. The maximum atomic E-state index is 14.0. The van der Waals surface area contributed by atoms with Gasteiger partial charge in [-0.1, -0.05) is 0 Å². The molecule has 0 aliphatic carbocycles. The minimum absolute atomic E-state index is 0.0975. The van der Waals surface area contributed by atoms with Crippen LogP contribution in [0.5, 0.6) is 5.75 Å². The van der Waals surface area contributed by atoms with Crippen LogP contribution in [0, 0.1) is 18.6 Å². The Balaban J connectivity index is 1.95. The topological polar surface area (TPSA) is 74.4 Å². The second-order valence-corrected chi connectivity index (χ2v) is 6.39. The number of halogens is 2. The van der Waals surface area contributed by atoms with Crippen LogP contribution in [0.15, 0.2) is 48.7 Å². The van der Waals surface area contributed by atoms with Crippen molar-refractivity contribution in [3.8, 4) is 17.0 Å².